The van der Waals surface area contributed by atoms with Crippen LogP contribution in [-0.2, 0) is 12.7 Å². The first kappa shape index (κ1) is 9.91. The van der Waals surface area contributed by atoms with E-state index in [9.17, 15) is 13.2 Å². The van der Waals surface area contributed by atoms with Crippen molar-refractivity contribution in [3.8, 4) is 0 Å². The lowest BCUT2D eigenvalue weighted by molar-refractivity contribution is -0.141. The van der Waals surface area contributed by atoms with Crippen LogP contribution in [0.3, 0.4) is 0 Å². The SMILES string of the molecule is NCc1cnc2nc(C(F)(F)F)ccn12. The highest BCUT2D eigenvalue weighted by Gasteiger charge is 2.32. The van der Waals surface area contributed by atoms with E-state index in [0.29, 0.717) is 5.69 Å². The molecule has 0 saturated heterocycles. The maximum Gasteiger partial charge on any atom is 0.433 e. The summed E-state index contributed by atoms with van der Waals surface area (Å²) in [6.07, 6.45) is -1.78. The summed E-state index contributed by atoms with van der Waals surface area (Å²) in [6, 6.07) is 0.897. The van der Waals surface area contributed by atoms with E-state index >= 15 is 0 Å². The highest BCUT2D eigenvalue weighted by Crippen LogP contribution is 2.27. The first-order valence-corrected chi connectivity index (χ1v) is 4.12. The monoisotopic (exact) mass is 216 g/mol. The maximum atomic E-state index is 12.3. The van der Waals surface area contributed by atoms with E-state index in [4.69, 9.17) is 5.73 Å². The zero-order chi connectivity index (χ0) is 11.1. The molecule has 0 radical (unpaired) electrons. The van der Waals surface area contributed by atoms with E-state index in [1.165, 1.54) is 16.8 Å². The van der Waals surface area contributed by atoms with E-state index in [0.717, 1.165) is 6.07 Å². The first-order valence-electron chi connectivity index (χ1n) is 4.12. The summed E-state index contributed by atoms with van der Waals surface area (Å²) < 4.78 is 38.3. The lowest BCUT2D eigenvalue weighted by Gasteiger charge is -2.05. The smallest absolute Gasteiger partial charge is 0.325 e. The predicted molar refractivity (Wildman–Crippen MR) is 45.9 cm³/mol. The molecular formula is C8H7F3N4. The van der Waals surface area contributed by atoms with Crippen LogP contribution in [0.4, 0.5) is 13.2 Å². The molecular weight excluding hydrogens is 209 g/mol. The van der Waals surface area contributed by atoms with E-state index < -0.39 is 11.9 Å². The van der Waals surface area contributed by atoms with Crippen LogP contribution in [-0.4, -0.2) is 14.4 Å². The van der Waals surface area contributed by atoms with Crippen LogP contribution in [0.15, 0.2) is 18.5 Å². The van der Waals surface area contributed by atoms with Gasteiger partial charge in [0.25, 0.3) is 0 Å². The summed E-state index contributed by atoms with van der Waals surface area (Å²) in [4.78, 5) is 7.12. The van der Waals surface area contributed by atoms with E-state index in [-0.39, 0.29) is 12.3 Å². The summed E-state index contributed by atoms with van der Waals surface area (Å²) in [5.41, 5.74) is 5.04. The zero-order valence-electron chi connectivity index (χ0n) is 7.49. The predicted octanol–water partition coefficient (Wildman–Crippen LogP) is 1.21. The van der Waals surface area contributed by atoms with E-state index in [2.05, 4.69) is 9.97 Å². The van der Waals surface area contributed by atoms with Crippen LogP contribution in [0.2, 0.25) is 0 Å². The first-order chi connectivity index (χ1) is 7.02. The Morgan fingerprint density at radius 1 is 1.40 bits per heavy atom. The van der Waals surface area contributed by atoms with Gasteiger partial charge in [0.2, 0.25) is 5.78 Å². The molecule has 2 aromatic rings. The molecule has 0 fully saturated rings. The number of aromatic nitrogens is 3. The Bertz CT molecular complexity index is 488. The number of nitrogens with two attached hydrogens (primary N) is 1. The second-order valence-electron chi connectivity index (χ2n) is 2.93. The summed E-state index contributed by atoms with van der Waals surface area (Å²) in [5.74, 6) is 0.00488. The van der Waals surface area contributed by atoms with Crippen molar-refractivity contribution in [3.63, 3.8) is 0 Å². The number of hydrogen-bond acceptors (Lipinski definition) is 3. The van der Waals surface area contributed by atoms with Crippen LogP contribution in [0.25, 0.3) is 5.78 Å². The fourth-order valence-electron chi connectivity index (χ4n) is 1.23. The Morgan fingerprint density at radius 3 is 2.73 bits per heavy atom. The van der Waals surface area contributed by atoms with Gasteiger partial charge in [0.15, 0.2) is 0 Å². The minimum atomic E-state index is -4.45. The highest BCUT2D eigenvalue weighted by atomic mass is 19.4. The standard InChI is InChI=1S/C8H7F3N4/c9-8(10,11)6-1-2-15-5(3-12)4-13-7(15)14-6/h1-2,4H,3,12H2. The third-order valence-corrected chi connectivity index (χ3v) is 1.96. The Hall–Kier alpha value is -1.63. The van der Waals surface area contributed by atoms with Gasteiger partial charge in [-0.3, -0.25) is 4.40 Å². The van der Waals surface area contributed by atoms with Crippen LogP contribution >= 0.6 is 0 Å². The average molecular weight is 216 g/mol. The molecule has 0 unspecified atom stereocenters. The Labute approximate surface area is 82.6 Å². The second-order valence-corrected chi connectivity index (χ2v) is 2.93. The molecule has 2 N–H and O–H groups in total. The van der Waals surface area contributed by atoms with Crippen molar-refractivity contribution in [1.82, 2.24) is 14.4 Å². The highest BCUT2D eigenvalue weighted by molar-refractivity contribution is 5.33. The van der Waals surface area contributed by atoms with Gasteiger partial charge in [-0.2, -0.15) is 13.2 Å². The van der Waals surface area contributed by atoms with Gasteiger partial charge in [0, 0.05) is 12.7 Å². The van der Waals surface area contributed by atoms with E-state index in [1.807, 2.05) is 0 Å². The molecule has 0 aliphatic rings. The molecule has 0 spiro atoms. The van der Waals surface area contributed by atoms with E-state index in [1.54, 1.807) is 0 Å². The molecule has 0 aliphatic carbocycles. The Balaban J connectivity index is 2.58. The number of alkyl halides is 3. The summed E-state index contributed by atoms with van der Waals surface area (Å²) in [7, 11) is 0. The fourth-order valence-corrected chi connectivity index (χ4v) is 1.23. The van der Waals surface area contributed by atoms with Crippen molar-refractivity contribution in [1.29, 1.82) is 0 Å². The van der Waals surface area contributed by atoms with Crippen molar-refractivity contribution in [2.45, 2.75) is 12.7 Å². The van der Waals surface area contributed by atoms with Gasteiger partial charge in [0.05, 0.1) is 11.9 Å². The Kier molecular flexibility index (Phi) is 2.11. The van der Waals surface area contributed by atoms with Crippen LogP contribution in [0, 0.1) is 0 Å². The average Bonchev–Trinajstić information content (AvgIpc) is 2.58. The van der Waals surface area contributed by atoms with Gasteiger partial charge in [0.1, 0.15) is 5.69 Å². The second kappa shape index (κ2) is 3.20. The quantitative estimate of drug-likeness (QED) is 0.779. The Morgan fingerprint density at radius 2 is 2.13 bits per heavy atom. The number of hydrogen-bond donors (Lipinski definition) is 1. The van der Waals surface area contributed by atoms with Gasteiger partial charge in [-0.1, -0.05) is 0 Å². The largest absolute Gasteiger partial charge is 0.433 e. The fraction of sp³-hybridized carbons (Fsp3) is 0.250. The van der Waals surface area contributed by atoms with Gasteiger partial charge in [-0.05, 0) is 6.07 Å². The van der Waals surface area contributed by atoms with Gasteiger partial charge >= 0.3 is 6.18 Å². The molecule has 0 aliphatic heterocycles. The molecule has 2 heterocycles. The van der Waals surface area contributed by atoms with Crippen molar-refractivity contribution in [2.75, 3.05) is 0 Å². The topological polar surface area (TPSA) is 56.2 Å². The number of imidazole rings is 1. The lowest BCUT2D eigenvalue weighted by Crippen LogP contribution is -2.10. The molecule has 0 aromatic carbocycles. The van der Waals surface area contributed by atoms with Crippen molar-refractivity contribution >= 4 is 5.78 Å². The van der Waals surface area contributed by atoms with Crippen LogP contribution in [0.5, 0.6) is 0 Å². The van der Waals surface area contributed by atoms with Crippen molar-refractivity contribution in [3.05, 3.63) is 29.8 Å². The summed E-state index contributed by atoms with van der Waals surface area (Å²) in [5, 5.41) is 0. The molecule has 0 saturated carbocycles. The number of nitrogens with zero attached hydrogens (tertiary/aromatic N) is 3. The van der Waals surface area contributed by atoms with Crippen molar-refractivity contribution < 1.29 is 13.2 Å². The minimum Gasteiger partial charge on any atom is -0.325 e. The number of halogens is 3. The zero-order valence-corrected chi connectivity index (χ0v) is 7.49. The molecule has 2 aromatic heterocycles. The molecule has 0 atom stereocenters. The third kappa shape index (κ3) is 1.65. The molecule has 7 heteroatoms. The van der Waals surface area contributed by atoms with Gasteiger partial charge in [-0.15, -0.1) is 0 Å². The third-order valence-electron chi connectivity index (χ3n) is 1.96. The molecule has 2 rings (SSSR count). The summed E-state index contributed by atoms with van der Waals surface area (Å²) >= 11 is 0. The van der Waals surface area contributed by atoms with Gasteiger partial charge in [-0.25, -0.2) is 9.97 Å². The normalized spacial score (nSPS) is 12.3. The molecule has 0 bridgehead atoms. The molecule has 15 heavy (non-hydrogen) atoms. The van der Waals surface area contributed by atoms with Crippen LogP contribution < -0.4 is 5.73 Å². The summed E-state index contributed by atoms with van der Waals surface area (Å²) in [6.45, 7) is 0.203. The number of rotatable bonds is 1. The minimum absolute atomic E-state index is 0.00488. The lowest BCUT2D eigenvalue weighted by atomic mass is 10.4. The maximum absolute atomic E-state index is 12.3. The molecule has 0 amide bonds. The van der Waals surface area contributed by atoms with Gasteiger partial charge < -0.3 is 5.73 Å². The molecule has 4 nitrogen and oxygen atoms in total. The van der Waals surface area contributed by atoms with Crippen molar-refractivity contribution in [2.24, 2.45) is 5.73 Å². The molecule has 80 valence electrons. The van der Waals surface area contributed by atoms with Crippen LogP contribution in [0.1, 0.15) is 11.4 Å². The number of fused-ring (bicyclic) bond motifs is 1.